The van der Waals surface area contributed by atoms with Gasteiger partial charge in [0, 0.05) is 61.4 Å². The number of furan rings is 3. The van der Waals surface area contributed by atoms with E-state index in [1.54, 1.807) is 6.20 Å². The van der Waals surface area contributed by atoms with Gasteiger partial charge in [-0.1, -0.05) is 254 Å². The molecule has 0 saturated heterocycles. The van der Waals surface area contributed by atoms with Crippen molar-refractivity contribution in [3.05, 3.63) is 321 Å². The molecule has 4 heteroatoms. The SMILES string of the molecule is Cc1ccc(-c2c3ccccc3c(-c3ccc(-c4cc5ccccc5c5ccccc45)c4oc5ccccc5c34)c3ccccc23)cc1.c1cncc(-c2ccc(-c3c4ccccc4c(-c4ccc5oc6ccccc6c5c4)c4ccccc34)c3c2oc2ccccc23)c1. The Hall–Kier alpha value is -12.4. The zero-order valence-electron chi connectivity index (χ0n) is 51.2. The number of aromatic nitrogens is 1. The van der Waals surface area contributed by atoms with Gasteiger partial charge in [0.1, 0.15) is 33.5 Å². The van der Waals surface area contributed by atoms with E-state index in [4.69, 9.17) is 13.3 Å². The predicted molar refractivity (Wildman–Crippen MR) is 395 cm³/mol. The van der Waals surface area contributed by atoms with Crippen LogP contribution < -0.4 is 0 Å². The van der Waals surface area contributed by atoms with Crippen molar-refractivity contribution in [1.29, 1.82) is 0 Å². The first-order valence-electron chi connectivity index (χ1n) is 32.1. The number of aryl methyl sites for hydroxylation is 1. The summed E-state index contributed by atoms with van der Waals surface area (Å²) in [5.41, 5.74) is 20.7. The van der Waals surface area contributed by atoms with Crippen LogP contribution in [0.3, 0.4) is 0 Å². The minimum absolute atomic E-state index is 0.876. The molecule has 0 aliphatic rings. The van der Waals surface area contributed by atoms with Crippen molar-refractivity contribution >= 4 is 130 Å². The van der Waals surface area contributed by atoms with Crippen LogP contribution in [0.5, 0.6) is 0 Å². The Morgan fingerprint density at radius 2 is 0.638 bits per heavy atom. The van der Waals surface area contributed by atoms with Gasteiger partial charge in [0.05, 0.1) is 0 Å². The minimum Gasteiger partial charge on any atom is -0.456 e. The van der Waals surface area contributed by atoms with Gasteiger partial charge >= 0.3 is 0 Å². The molecule has 4 heterocycles. The minimum atomic E-state index is 0.876. The summed E-state index contributed by atoms with van der Waals surface area (Å²) >= 11 is 0. The summed E-state index contributed by atoms with van der Waals surface area (Å²) in [5, 5.41) is 21.5. The van der Waals surface area contributed by atoms with Crippen LogP contribution in [0.1, 0.15) is 5.56 Å². The number of fused-ring (bicyclic) bond motifs is 16. The van der Waals surface area contributed by atoms with Crippen LogP contribution >= 0.6 is 0 Å². The highest BCUT2D eigenvalue weighted by atomic mass is 16.3. The van der Waals surface area contributed by atoms with Crippen molar-refractivity contribution in [2.75, 3.05) is 0 Å². The molecule has 20 rings (SSSR count). The van der Waals surface area contributed by atoms with Crippen LogP contribution in [-0.2, 0) is 0 Å². The fourth-order valence-electron chi connectivity index (χ4n) is 15.4. The summed E-state index contributed by atoms with van der Waals surface area (Å²) in [6, 6.07) is 109. The molecule has 0 amide bonds. The fourth-order valence-corrected chi connectivity index (χ4v) is 15.4. The monoisotopic (exact) mass is 1200 g/mol. The van der Waals surface area contributed by atoms with E-state index in [0.29, 0.717) is 0 Å². The standard InChI is InChI=1S/C47H30O.C43H25NO2/c1-29-22-24-30(25-23-29)44-35-16-6-8-18-37(35)45(38-19-9-7-17-36(38)44)41-27-26-39(47-46(41)40-20-10-11-21-43(40)48-47)42-28-31-12-2-3-13-32(31)33-14-4-5-15-34(33)42;1-3-14-32-30(12-1)40(26-19-22-39-36(24-26)29-11-5-7-17-37(29)45-39)31-13-2-4-15-33(31)41(32)35-21-20-28(27-10-9-23-44-25-27)43-42(35)34-16-6-8-18-38(34)46-43/h2-28H,1H3;1-25H. The van der Waals surface area contributed by atoms with Crippen molar-refractivity contribution in [1.82, 2.24) is 4.98 Å². The average Bonchev–Trinajstić information content (AvgIpc) is 1.29. The highest BCUT2D eigenvalue weighted by Crippen LogP contribution is 2.52. The van der Waals surface area contributed by atoms with Gasteiger partial charge in [0.15, 0.2) is 0 Å². The second-order valence-corrected chi connectivity index (χ2v) is 24.7. The summed E-state index contributed by atoms with van der Waals surface area (Å²) in [7, 11) is 0. The first-order valence-corrected chi connectivity index (χ1v) is 32.1. The maximum absolute atomic E-state index is 6.89. The molecule has 0 aliphatic heterocycles. The molecular weight excluding hydrogens is 1140 g/mol. The number of pyridine rings is 1. The quantitative estimate of drug-likeness (QED) is 0.123. The van der Waals surface area contributed by atoms with E-state index in [9.17, 15) is 0 Å². The Balaban J connectivity index is 0.000000134. The lowest BCUT2D eigenvalue weighted by Gasteiger charge is -2.19. The molecule has 94 heavy (non-hydrogen) atoms. The van der Waals surface area contributed by atoms with Crippen molar-refractivity contribution in [2.45, 2.75) is 6.92 Å². The lowest BCUT2D eigenvalue weighted by molar-refractivity contribution is 0.669. The Labute approximate surface area is 540 Å². The lowest BCUT2D eigenvalue weighted by atomic mass is 9.84. The molecule has 0 aliphatic carbocycles. The predicted octanol–water partition coefficient (Wildman–Crippen LogP) is 25.7. The molecule has 0 radical (unpaired) electrons. The summed E-state index contributed by atoms with van der Waals surface area (Å²) in [4.78, 5) is 4.41. The van der Waals surface area contributed by atoms with E-state index in [0.717, 1.165) is 88.1 Å². The van der Waals surface area contributed by atoms with Gasteiger partial charge in [-0.15, -0.1) is 0 Å². The maximum Gasteiger partial charge on any atom is 0.143 e. The third-order valence-corrected chi connectivity index (χ3v) is 19.5. The maximum atomic E-state index is 6.89. The molecular formula is C90H55NO3. The van der Waals surface area contributed by atoms with Gasteiger partial charge in [0.2, 0.25) is 0 Å². The number of benzene rings is 16. The highest BCUT2D eigenvalue weighted by molar-refractivity contribution is 6.30. The summed E-state index contributed by atoms with van der Waals surface area (Å²) in [6.45, 7) is 2.15. The number of hydrogen-bond acceptors (Lipinski definition) is 4. The zero-order chi connectivity index (χ0) is 62.0. The number of nitrogens with zero attached hydrogens (tertiary/aromatic N) is 1. The fraction of sp³-hybridized carbons (Fsp3) is 0.0111. The van der Waals surface area contributed by atoms with E-state index < -0.39 is 0 Å². The van der Waals surface area contributed by atoms with Crippen molar-refractivity contribution in [2.24, 2.45) is 0 Å². The van der Waals surface area contributed by atoms with Crippen LogP contribution in [0.15, 0.2) is 329 Å². The third-order valence-electron chi connectivity index (χ3n) is 19.5. The molecule has 16 aromatic carbocycles. The normalized spacial score (nSPS) is 11.9. The zero-order valence-corrected chi connectivity index (χ0v) is 51.2. The van der Waals surface area contributed by atoms with Crippen LogP contribution in [0.4, 0.5) is 0 Å². The molecule has 0 fully saturated rings. The van der Waals surface area contributed by atoms with Crippen LogP contribution in [0.25, 0.3) is 197 Å². The smallest absolute Gasteiger partial charge is 0.143 e. The molecule has 0 atom stereocenters. The summed E-state index contributed by atoms with van der Waals surface area (Å²) in [5.74, 6) is 0. The van der Waals surface area contributed by atoms with Crippen molar-refractivity contribution in [3.8, 4) is 66.8 Å². The van der Waals surface area contributed by atoms with E-state index in [-0.39, 0.29) is 0 Å². The van der Waals surface area contributed by atoms with Gasteiger partial charge in [-0.05, 0) is 176 Å². The van der Waals surface area contributed by atoms with E-state index in [1.165, 1.54) is 115 Å². The topological polar surface area (TPSA) is 52.3 Å². The number of para-hydroxylation sites is 3. The summed E-state index contributed by atoms with van der Waals surface area (Å²) in [6.07, 6.45) is 3.71. The molecule has 4 nitrogen and oxygen atoms in total. The van der Waals surface area contributed by atoms with Gasteiger partial charge in [-0.25, -0.2) is 0 Å². The van der Waals surface area contributed by atoms with Crippen molar-refractivity contribution in [3.63, 3.8) is 0 Å². The Bertz CT molecular complexity index is 6370. The van der Waals surface area contributed by atoms with Crippen molar-refractivity contribution < 1.29 is 13.3 Å². The van der Waals surface area contributed by atoms with E-state index in [2.05, 4.69) is 291 Å². The number of rotatable bonds is 6. The van der Waals surface area contributed by atoms with Gasteiger partial charge < -0.3 is 13.3 Å². The van der Waals surface area contributed by atoms with Gasteiger partial charge in [-0.3, -0.25) is 4.98 Å². The largest absolute Gasteiger partial charge is 0.456 e. The van der Waals surface area contributed by atoms with Gasteiger partial charge in [-0.2, -0.15) is 0 Å². The molecule has 0 N–H and O–H groups in total. The Kier molecular flexibility index (Phi) is 12.2. The Morgan fingerprint density at radius 1 is 0.234 bits per heavy atom. The average molecular weight is 1200 g/mol. The van der Waals surface area contributed by atoms with E-state index >= 15 is 0 Å². The first kappa shape index (κ1) is 53.5. The molecule has 0 spiro atoms. The molecule has 438 valence electrons. The number of hydrogen-bond donors (Lipinski definition) is 0. The molecule has 20 aromatic rings. The van der Waals surface area contributed by atoms with Gasteiger partial charge in [0.25, 0.3) is 0 Å². The highest BCUT2D eigenvalue weighted by Gasteiger charge is 2.26. The Morgan fingerprint density at radius 3 is 1.18 bits per heavy atom. The van der Waals surface area contributed by atoms with Crippen LogP contribution in [0.2, 0.25) is 0 Å². The second kappa shape index (κ2) is 21.4. The van der Waals surface area contributed by atoms with Crippen LogP contribution in [0, 0.1) is 6.92 Å². The summed E-state index contributed by atoms with van der Waals surface area (Å²) < 4.78 is 19.7. The third kappa shape index (κ3) is 8.29. The van der Waals surface area contributed by atoms with E-state index in [1.807, 2.05) is 30.5 Å². The molecule has 0 bridgehead atoms. The molecule has 0 unspecified atom stereocenters. The van der Waals surface area contributed by atoms with Crippen LogP contribution in [-0.4, -0.2) is 4.98 Å². The molecule has 4 aromatic heterocycles. The second-order valence-electron chi connectivity index (χ2n) is 24.7. The lowest BCUT2D eigenvalue weighted by Crippen LogP contribution is -1.92. The molecule has 0 saturated carbocycles. The first-order chi connectivity index (χ1) is 46.6.